The lowest BCUT2D eigenvalue weighted by Crippen LogP contribution is -2.14. The molecule has 0 fully saturated rings. The van der Waals surface area contributed by atoms with Gasteiger partial charge in [0.15, 0.2) is 0 Å². The minimum absolute atomic E-state index is 0.254. The van der Waals surface area contributed by atoms with Crippen LogP contribution in [0.2, 0.25) is 0 Å². The number of ether oxygens (including phenoxy) is 3. The number of rotatable bonds is 7. The Balaban J connectivity index is 1.66. The van der Waals surface area contributed by atoms with Gasteiger partial charge in [0.25, 0.3) is 11.8 Å². The van der Waals surface area contributed by atoms with Crippen LogP contribution >= 0.6 is 0 Å². The zero-order valence-corrected chi connectivity index (χ0v) is 16.9. The monoisotopic (exact) mass is 406 g/mol. The number of carbonyl (C=O) groups is 2. The van der Waals surface area contributed by atoms with Crippen LogP contribution in [-0.4, -0.2) is 33.1 Å². The first-order valence-corrected chi connectivity index (χ1v) is 9.12. The molecule has 0 aliphatic carbocycles. The van der Waals surface area contributed by atoms with Crippen LogP contribution in [0.25, 0.3) is 0 Å². The molecule has 0 unspecified atom stereocenters. The number of methoxy groups -OCH3 is 3. The van der Waals surface area contributed by atoms with Gasteiger partial charge in [-0.25, -0.2) is 0 Å². The lowest BCUT2D eigenvalue weighted by molar-refractivity contribution is 0.101. The van der Waals surface area contributed by atoms with Crippen LogP contribution in [0.3, 0.4) is 0 Å². The summed E-state index contributed by atoms with van der Waals surface area (Å²) in [5, 5.41) is 5.60. The van der Waals surface area contributed by atoms with Crippen molar-refractivity contribution in [1.82, 2.24) is 0 Å². The van der Waals surface area contributed by atoms with Gasteiger partial charge in [-0.05, 0) is 60.7 Å². The van der Waals surface area contributed by atoms with E-state index < -0.39 is 0 Å². The second-order valence-electron chi connectivity index (χ2n) is 6.32. The largest absolute Gasteiger partial charge is 0.497 e. The van der Waals surface area contributed by atoms with Gasteiger partial charge in [-0.15, -0.1) is 0 Å². The van der Waals surface area contributed by atoms with Crippen LogP contribution in [-0.2, 0) is 0 Å². The smallest absolute Gasteiger partial charge is 0.255 e. The first-order chi connectivity index (χ1) is 14.5. The summed E-state index contributed by atoms with van der Waals surface area (Å²) in [6.45, 7) is 0. The molecule has 0 bridgehead atoms. The van der Waals surface area contributed by atoms with Crippen LogP contribution in [0, 0.1) is 0 Å². The first-order valence-electron chi connectivity index (χ1n) is 9.12. The molecule has 3 aromatic carbocycles. The predicted octanol–water partition coefficient (Wildman–Crippen LogP) is 4.22. The second kappa shape index (κ2) is 9.47. The summed E-state index contributed by atoms with van der Waals surface area (Å²) < 4.78 is 15.5. The van der Waals surface area contributed by atoms with Gasteiger partial charge in [0.2, 0.25) is 0 Å². The Morgan fingerprint density at radius 3 is 1.47 bits per heavy atom. The highest BCUT2D eigenvalue weighted by Gasteiger charge is 2.11. The van der Waals surface area contributed by atoms with Gasteiger partial charge >= 0.3 is 0 Å². The predicted molar refractivity (Wildman–Crippen MR) is 115 cm³/mol. The fourth-order valence-corrected chi connectivity index (χ4v) is 2.72. The summed E-state index contributed by atoms with van der Waals surface area (Å²) in [6, 6.07) is 18.6. The summed E-state index contributed by atoms with van der Waals surface area (Å²) in [4.78, 5) is 25.0. The van der Waals surface area contributed by atoms with Gasteiger partial charge in [0.1, 0.15) is 17.2 Å². The molecule has 2 N–H and O–H groups in total. The summed E-state index contributed by atoms with van der Waals surface area (Å²) in [5.74, 6) is 1.18. The Morgan fingerprint density at radius 2 is 1.00 bits per heavy atom. The lowest BCUT2D eigenvalue weighted by Gasteiger charge is -2.10. The molecule has 0 radical (unpaired) electrons. The molecule has 0 saturated heterocycles. The van der Waals surface area contributed by atoms with Crippen molar-refractivity contribution in [3.63, 3.8) is 0 Å². The average Bonchev–Trinajstić information content (AvgIpc) is 2.79. The number of hydrogen-bond donors (Lipinski definition) is 2. The molecule has 0 aromatic heterocycles. The Kier molecular flexibility index (Phi) is 6.54. The third-order valence-corrected chi connectivity index (χ3v) is 4.37. The zero-order chi connectivity index (χ0) is 21.5. The molecular weight excluding hydrogens is 384 g/mol. The molecule has 0 aliphatic rings. The molecule has 7 nitrogen and oxygen atoms in total. The van der Waals surface area contributed by atoms with Crippen molar-refractivity contribution in [2.24, 2.45) is 0 Å². The van der Waals surface area contributed by atoms with E-state index in [1.54, 1.807) is 73.8 Å². The van der Waals surface area contributed by atoms with Crippen LogP contribution in [0.1, 0.15) is 20.7 Å². The highest BCUT2D eigenvalue weighted by Crippen LogP contribution is 2.23. The van der Waals surface area contributed by atoms with E-state index in [0.29, 0.717) is 39.8 Å². The van der Waals surface area contributed by atoms with Crippen LogP contribution in [0.15, 0.2) is 66.7 Å². The SMILES string of the molecule is COc1ccc(NC(=O)c2ccc(NC(=O)c3cc(OC)cc(OC)c3)cc2)cc1. The molecule has 0 atom stereocenters. The fraction of sp³-hybridized carbons (Fsp3) is 0.130. The minimum Gasteiger partial charge on any atom is -0.497 e. The van der Waals surface area contributed by atoms with Crippen molar-refractivity contribution < 1.29 is 23.8 Å². The molecule has 3 aromatic rings. The molecule has 0 heterocycles. The van der Waals surface area contributed by atoms with Crippen LogP contribution in [0.4, 0.5) is 11.4 Å². The Hall–Kier alpha value is -4.00. The van der Waals surface area contributed by atoms with Gasteiger partial charge in [-0.1, -0.05) is 0 Å². The Morgan fingerprint density at radius 1 is 0.567 bits per heavy atom. The van der Waals surface area contributed by atoms with Crippen LogP contribution in [0.5, 0.6) is 17.2 Å². The number of anilines is 2. The van der Waals surface area contributed by atoms with Gasteiger partial charge in [0, 0.05) is 28.6 Å². The van der Waals surface area contributed by atoms with Gasteiger partial charge in [-0.3, -0.25) is 9.59 Å². The number of nitrogens with one attached hydrogen (secondary N) is 2. The Labute approximate surface area is 174 Å². The van der Waals surface area contributed by atoms with E-state index in [0.717, 1.165) is 0 Å². The quantitative estimate of drug-likeness (QED) is 0.614. The molecule has 0 spiro atoms. The van der Waals surface area contributed by atoms with Gasteiger partial charge in [0.05, 0.1) is 21.3 Å². The Bertz CT molecular complexity index is 1010. The van der Waals surface area contributed by atoms with Gasteiger partial charge in [-0.2, -0.15) is 0 Å². The van der Waals surface area contributed by atoms with E-state index in [9.17, 15) is 9.59 Å². The fourth-order valence-electron chi connectivity index (χ4n) is 2.72. The van der Waals surface area contributed by atoms with Crippen molar-refractivity contribution in [2.75, 3.05) is 32.0 Å². The third kappa shape index (κ3) is 5.08. The number of carbonyl (C=O) groups excluding carboxylic acids is 2. The van der Waals surface area contributed by atoms with E-state index in [4.69, 9.17) is 14.2 Å². The summed E-state index contributed by atoms with van der Waals surface area (Å²) in [7, 11) is 4.62. The van der Waals surface area contributed by atoms with E-state index in [2.05, 4.69) is 10.6 Å². The third-order valence-electron chi connectivity index (χ3n) is 4.37. The van der Waals surface area contributed by atoms with E-state index in [-0.39, 0.29) is 11.8 Å². The first kappa shape index (κ1) is 20.7. The standard InChI is InChI=1S/C23H22N2O5/c1-28-19-10-8-18(9-11-19)24-22(26)15-4-6-17(7-5-15)25-23(27)16-12-20(29-2)14-21(13-16)30-3/h4-14H,1-3H3,(H,24,26)(H,25,27). The number of benzene rings is 3. The molecule has 0 aliphatic heterocycles. The zero-order valence-electron chi connectivity index (χ0n) is 16.9. The lowest BCUT2D eigenvalue weighted by atomic mass is 10.1. The number of amides is 2. The van der Waals surface area contributed by atoms with Crippen LogP contribution < -0.4 is 24.8 Å². The minimum atomic E-state index is -0.317. The molecule has 154 valence electrons. The molecule has 0 saturated carbocycles. The van der Waals surface area contributed by atoms with Gasteiger partial charge < -0.3 is 24.8 Å². The van der Waals surface area contributed by atoms with Crippen molar-refractivity contribution >= 4 is 23.2 Å². The maximum absolute atomic E-state index is 12.6. The molecule has 2 amide bonds. The molecule has 7 heteroatoms. The maximum atomic E-state index is 12.6. The summed E-state index contributed by atoms with van der Waals surface area (Å²) >= 11 is 0. The molecule has 3 rings (SSSR count). The summed E-state index contributed by atoms with van der Waals surface area (Å²) in [6.07, 6.45) is 0. The average molecular weight is 406 g/mol. The van der Waals surface area contributed by atoms with E-state index in [1.165, 1.54) is 14.2 Å². The van der Waals surface area contributed by atoms with Crippen molar-refractivity contribution in [3.05, 3.63) is 77.9 Å². The van der Waals surface area contributed by atoms with Crippen molar-refractivity contribution in [1.29, 1.82) is 0 Å². The van der Waals surface area contributed by atoms with E-state index >= 15 is 0 Å². The summed E-state index contributed by atoms with van der Waals surface area (Å²) in [5.41, 5.74) is 2.08. The topological polar surface area (TPSA) is 85.9 Å². The van der Waals surface area contributed by atoms with E-state index in [1.807, 2.05) is 0 Å². The second-order valence-corrected chi connectivity index (χ2v) is 6.32. The molecular formula is C23H22N2O5. The van der Waals surface area contributed by atoms with Crippen molar-refractivity contribution in [2.45, 2.75) is 0 Å². The van der Waals surface area contributed by atoms with Crippen molar-refractivity contribution in [3.8, 4) is 17.2 Å². The normalized spacial score (nSPS) is 10.1. The highest BCUT2D eigenvalue weighted by molar-refractivity contribution is 6.06. The highest BCUT2D eigenvalue weighted by atomic mass is 16.5. The molecule has 30 heavy (non-hydrogen) atoms. The number of hydrogen-bond acceptors (Lipinski definition) is 5. The maximum Gasteiger partial charge on any atom is 0.255 e.